The molecule has 0 radical (unpaired) electrons. The average Bonchev–Trinajstić information content (AvgIpc) is 2.77. The molecule has 1 heterocycles. The molecule has 0 unspecified atom stereocenters. The summed E-state index contributed by atoms with van der Waals surface area (Å²) in [4.78, 5) is 20.6. The predicted molar refractivity (Wildman–Crippen MR) is 112 cm³/mol. The van der Waals surface area contributed by atoms with Crippen molar-refractivity contribution in [3.8, 4) is 0 Å². The van der Waals surface area contributed by atoms with E-state index in [-0.39, 0.29) is 56.3 Å². The first kappa shape index (κ1) is 44.9. The van der Waals surface area contributed by atoms with Crippen LogP contribution in [-0.2, 0) is 28.5 Å². The number of aliphatic hydroxyl groups is 2. The minimum Gasteiger partial charge on any atom is -0.466 e. The van der Waals surface area contributed by atoms with Crippen molar-refractivity contribution in [3.63, 3.8) is 0 Å². The summed E-state index contributed by atoms with van der Waals surface area (Å²) in [6.45, 7) is 1.21. The second kappa shape index (κ2) is 39.7. The quantitative estimate of drug-likeness (QED) is 0.513. The van der Waals surface area contributed by atoms with E-state index < -0.39 is 12.6 Å². The number of esters is 2. The van der Waals surface area contributed by atoms with Gasteiger partial charge in [0.2, 0.25) is 0 Å². The highest BCUT2D eigenvalue weighted by atomic mass is 16.6. The van der Waals surface area contributed by atoms with Crippen LogP contribution in [0, 0.1) is 0 Å². The van der Waals surface area contributed by atoms with Gasteiger partial charge in [-0.2, -0.15) is 0 Å². The van der Waals surface area contributed by atoms with Gasteiger partial charge in [-0.3, -0.25) is 4.79 Å². The lowest BCUT2D eigenvalue weighted by atomic mass is 10.2. The number of hydrogen-bond acceptors (Lipinski definition) is 8. The van der Waals surface area contributed by atoms with E-state index in [4.69, 9.17) is 14.9 Å². The molecule has 0 atom stereocenters. The summed E-state index contributed by atoms with van der Waals surface area (Å²) < 4.78 is 18.2. The van der Waals surface area contributed by atoms with Gasteiger partial charge in [-0.15, -0.1) is 0 Å². The first-order chi connectivity index (χ1) is 10.6. The van der Waals surface area contributed by atoms with Gasteiger partial charge in [0.25, 0.3) is 0 Å². The van der Waals surface area contributed by atoms with Crippen LogP contribution in [0.4, 0.5) is 0 Å². The van der Waals surface area contributed by atoms with E-state index in [1.807, 2.05) is 0 Å². The molecule has 1 aliphatic rings. The highest BCUT2D eigenvalue weighted by Crippen LogP contribution is 2.06. The molecule has 0 aliphatic carbocycles. The van der Waals surface area contributed by atoms with E-state index in [1.165, 1.54) is 7.11 Å². The molecule has 1 saturated heterocycles. The lowest BCUT2D eigenvalue weighted by molar-refractivity contribution is -0.148. The van der Waals surface area contributed by atoms with E-state index in [9.17, 15) is 9.59 Å². The molecule has 8 heteroatoms. The smallest absolute Gasteiger partial charge is 0.331 e. The topological polar surface area (TPSA) is 112 Å². The van der Waals surface area contributed by atoms with Crippen molar-refractivity contribution in [3.05, 3.63) is 0 Å². The Kier molecular flexibility index (Phi) is 66.0. The fourth-order valence-electron chi connectivity index (χ4n) is 1.18. The molecule has 0 saturated carbocycles. The van der Waals surface area contributed by atoms with Crippen molar-refractivity contribution in [2.24, 2.45) is 0 Å². The Balaban J connectivity index is -0.0000000419. The maximum Gasteiger partial charge on any atom is 0.331 e. The highest BCUT2D eigenvalue weighted by Gasteiger charge is 2.05. The normalized spacial score (nSPS) is 11.0. The van der Waals surface area contributed by atoms with Gasteiger partial charge >= 0.3 is 11.9 Å². The van der Waals surface area contributed by atoms with Gasteiger partial charge in [0, 0.05) is 20.6 Å². The first-order valence-corrected chi connectivity index (χ1v) is 7.13. The number of methoxy groups -OCH3 is 2. The fourth-order valence-corrected chi connectivity index (χ4v) is 1.18. The number of rotatable bonds is 6. The van der Waals surface area contributed by atoms with Crippen LogP contribution in [0.1, 0.15) is 62.8 Å². The molecule has 0 spiro atoms. The molecule has 1 rings (SSSR count). The monoisotopic (exact) mass is 404 g/mol. The molecule has 27 heavy (non-hydrogen) atoms. The van der Waals surface area contributed by atoms with Gasteiger partial charge in [-0.25, -0.2) is 4.79 Å². The third kappa shape index (κ3) is 45.7. The zero-order valence-electron chi connectivity index (χ0n) is 13.4. The predicted octanol–water partition coefficient (Wildman–Crippen LogP) is 3.08. The van der Waals surface area contributed by atoms with Gasteiger partial charge < -0.3 is 29.2 Å². The Morgan fingerprint density at radius 2 is 1.48 bits per heavy atom. The zero-order valence-corrected chi connectivity index (χ0v) is 13.4. The molecular weight excluding hydrogens is 356 g/mol. The second-order valence-electron chi connectivity index (χ2n) is 4.12. The number of ether oxygens (including phenoxy) is 4. The summed E-state index contributed by atoms with van der Waals surface area (Å²) in [6, 6.07) is 0. The molecule has 0 aromatic carbocycles. The third-order valence-corrected chi connectivity index (χ3v) is 2.26. The van der Waals surface area contributed by atoms with Crippen LogP contribution < -0.4 is 0 Å². The van der Waals surface area contributed by atoms with E-state index >= 15 is 0 Å². The maximum absolute atomic E-state index is 10.5. The van der Waals surface area contributed by atoms with Gasteiger partial charge in [-0.1, -0.05) is 37.1 Å². The Hall–Kier alpha value is -1.22. The number of carbonyl (C=O) groups is 2. The van der Waals surface area contributed by atoms with E-state index in [1.54, 1.807) is 7.11 Å². The third-order valence-electron chi connectivity index (χ3n) is 2.26. The second-order valence-corrected chi connectivity index (χ2v) is 4.12. The lowest BCUT2D eigenvalue weighted by Gasteiger charge is -1.99. The fraction of sp³-hybridized carbons (Fsp3) is 0.895. The molecule has 2 N–H and O–H groups in total. The van der Waals surface area contributed by atoms with Crippen LogP contribution in [-0.4, -0.2) is 76.0 Å². The van der Waals surface area contributed by atoms with Crippen molar-refractivity contribution < 1.29 is 38.7 Å². The van der Waals surface area contributed by atoms with Crippen molar-refractivity contribution in [1.29, 1.82) is 0 Å². The van der Waals surface area contributed by atoms with Crippen LogP contribution in [0.2, 0.25) is 0 Å². The van der Waals surface area contributed by atoms with Gasteiger partial charge in [0.05, 0.1) is 26.4 Å². The number of hydrogen-bond donors (Lipinski definition) is 2. The van der Waals surface area contributed by atoms with E-state index in [0.717, 1.165) is 19.3 Å². The summed E-state index contributed by atoms with van der Waals surface area (Å²) in [7, 11) is 3.06. The van der Waals surface area contributed by atoms with Crippen molar-refractivity contribution in [2.45, 2.75) is 62.8 Å². The largest absolute Gasteiger partial charge is 0.466 e. The molecule has 172 valence electrons. The summed E-state index contributed by atoms with van der Waals surface area (Å²) in [5.41, 5.74) is 0. The molecule has 1 fully saturated rings. The first-order valence-electron chi connectivity index (χ1n) is 7.13. The summed E-state index contributed by atoms with van der Waals surface area (Å²) in [5.74, 6) is -0.644. The van der Waals surface area contributed by atoms with Crippen LogP contribution in [0.15, 0.2) is 0 Å². The van der Waals surface area contributed by atoms with Gasteiger partial charge in [0.1, 0.15) is 13.2 Å². The SMILES string of the molecule is C.C.C.C.C.COCCO.COCCOC(=O)CO.O=C1CCCCCO1. The van der Waals surface area contributed by atoms with Gasteiger partial charge in [-0.05, 0) is 19.3 Å². The highest BCUT2D eigenvalue weighted by molar-refractivity contribution is 5.70. The van der Waals surface area contributed by atoms with Gasteiger partial charge in [0.15, 0.2) is 0 Å². The molecule has 0 bridgehead atoms. The molecule has 0 aromatic rings. The lowest BCUT2D eigenvalue weighted by Crippen LogP contribution is -2.12. The minimum absolute atomic E-state index is 0. The van der Waals surface area contributed by atoms with Crippen LogP contribution >= 0.6 is 0 Å². The van der Waals surface area contributed by atoms with Crippen LogP contribution in [0.3, 0.4) is 0 Å². The van der Waals surface area contributed by atoms with Crippen LogP contribution in [0.25, 0.3) is 0 Å². The number of carbonyl (C=O) groups excluding carboxylic acids is 2. The number of cyclic esters (lactones) is 1. The average molecular weight is 405 g/mol. The molecule has 0 amide bonds. The Labute approximate surface area is 168 Å². The van der Waals surface area contributed by atoms with E-state index in [2.05, 4.69) is 14.2 Å². The maximum atomic E-state index is 10.5. The van der Waals surface area contributed by atoms with Crippen molar-refractivity contribution in [1.82, 2.24) is 0 Å². The summed E-state index contributed by atoms with van der Waals surface area (Å²) in [5, 5.41) is 16.1. The molecule has 0 aromatic heterocycles. The van der Waals surface area contributed by atoms with Crippen molar-refractivity contribution in [2.75, 3.05) is 53.9 Å². The number of aliphatic hydroxyl groups excluding tert-OH is 2. The Morgan fingerprint density at radius 3 is 1.89 bits per heavy atom. The van der Waals surface area contributed by atoms with Crippen molar-refractivity contribution >= 4 is 11.9 Å². The van der Waals surface area contributed by atoms with E-state index in [0.29, 0.717) is 26.2 Å². The molecule has 1 aliphatic heterocycles. The standard InChI is InChI=1S/C6H10O2.C5H10O4.C3H8O2.5CH4/c7-6-4-2-1-3-5-8-6;1-8-2-3-9-5(7)4-6;1-5-3-2-4;;;;;/h1-5H2;6H,2-4H2,1H3;4H,2-3H2,1H3;5*1H4. The summed E-state index contributed by atoms with van der Waals surface area (Å²) >= 11 is 0. The zero-order chi connectivity index (χ0) is 17.1. The minimum atomic E-state index is -0.618. The Morgan fingerprint density at radius 1 is 0.926 bits per heavy atom. The molecule has 8 nitrogen and oxygen atoms in total. The summed E-state index contributed by atoms with van der Waals surface area (Å²) in [6.07, 6.45) is 3.83. The van der Waals surface area contributed by atoms with Crippen LogP contribution in [0.5, 0.6) is 0 Å². The molecular formula is C19H48O8. The Bertz CT molecular complexity index is 248.